The van der Waals surface area contributed by atoms with E-state index in [2.05, 4.69) is 16.4 Å². The monoisotopic (exact) mass is 393 g/mol. The Morgan fingerprint density at radius 2 is 1.83 bits per heavy atom. The van der Waals surface area contributed by atoms with Gasteiger partial charge in [0, 0.05) is 55.6 Å². The van der Waals surface area contributed by atoms with E-state index in [1.165, 1.54) is 17.9 Å². The zero-order valence-corrected chi connectivity index (χ0v) is 16.9. The van der Waals surface area contributed by atoms with Gasteiger partial charge in [0.15, 0.2) is 0 Å². The van der Waals surface area contributed by atoms with Crippen molar-refractivity contribution >= 4 is 22.7 Å². The van der Waals surface area contributed by atoms with Crippen LogP contribution in [0, 0.1) is 0 Å². The molecule has 0 radical (unpaired) electrons. The van der Waals surface area contributed by atoms with Crippen molar-refractivity contribution < 1.29 is 14.3 Å². The number of methoxy groups -OCH3 is 1. The predicted molar refractivity (Wildman–Crippen MR) is 114 cm³/mol. The third-order valence-corrected chi connectivity index (χ3v) is 5.00. The maximum Gasteiger partial charge on any atom is 0.221 e. The lowest BCUT2D eigenvalue weighted by atomic mass is 10.1. The van der Waals surface area contributed by atoms with Crippen LogP contribution in [0.5, 0.6) is 5.75 Å². The Labute approximate surface area is 170 Å². The first kappa shape index (κ1) is 20.5. The van der Waals surface area contributed by atoms with Gasteiger partial charge in [-0.3, -0.25) is 9.59 Å². The van der Waals surface area contributed by atoms with Crippen LogP contribution < -0.4 is 10.1 Å². The maximum atomic E-state index is 12.3. The molecule has 6 heteroatoms. The number of amides is 2. The maximum absolute atomic E-state index is 12.3. The first-order valence-corrected chi connectivity index (χ1v) is 9.77. The van der Waals surface area contributed by atoms with Crippen molar-refractivity contribution in [3.8, 4) is 5.75 Å². The highest BCUT2D eigenvalue weighted by Crippen LogP contribution is 2.20. The van der Waals surface area contributed by atoms with E-state index in [0.29, 0.717) is 19.6 Å². The molecule has 2 amide bonds. The second-order valence-corrected chi connectivity index (χ2v) is 6.96. The number of nitrogens with zero attached hydrogens (tertiary/aromatic N) is 1. The van der Waals surface area contributed by atoms with Gasteiger partial charge in [-0.2, -0.15) is 0 Å². The van der Waals surface area contributed by atoms with Gasteiger partial charge in [-0.1, -0.05) is 36.4 Å². The van der Waals surface area contributed by atoms with Gasteiger partial charge in [-0.15, -0.1) is 0 Å². The number of hydrogen-bond donors (Lipinski definition) is 2. The number of carbonyl (C=O) groups is 2. The Hall–Kier alpha value is -3.28. The normalized spacial score (nSPS) is 10.7. The lowest BCUT2D eigenvalue weighted by Crippen LogP contribution is -2.34. The first-order chi connectivity index (χ1) is 14.1. The van der Waals surface area contributed by atoms with Gasteiger partial charge in [-0.05, 0) is 24.1 Å². The molecule has 2 N–H and O–H groups in total. The molecule has 0 fully saturated rings. The molecule has 0 unspecified atom stereocenters. The van der Waals surface area contributed by atoms with Crippen molar-refractivity contribution in [1.82, 2.24) is 15.2 Å². The van der Waals surface area contributed by atoms with Crippen LogP contribution in [0.2, 0.25) is 0 Å². The summed E-state index contributed by atoms with van der Waals surface area (Å²) in [5.41, 5.74) is 3.20. The average Bonchev–Trinajstić information content (AvgIpc) is 3.14. The summed E-state index contributed by atoms with van der Waals surface area (Å²) >= 11 is 0. The summed E-state index contributed by atoms with van der Waals surface area (Å²) in [5.74, 6) is 0.612. The highest BCUT2D eigenvalue weighted by atomic mass is 16.5. The number of aromatic nitrogens is 1. The van der Waals surface area contributed by atoms with E-state index in [-0.39, 0.29) is 18.2 Å². The van der Waals surface area contributed by atoms with E-state index in [9.17, 15) is 9.59 Å². The number of ether oxygens (including phenoxy) is 1. The molecule has 3 rings (SSSR count). The molecule has 29 heavy (non-hydrogen) atoms. The van der Waals surface area contributed by atoms with E-state index in [4.69, 9.17) is 4.74 Å². The third-order valence-electron chi connectivity index (χ3n) is 5.00. The van der Waals surface area contributed by atoms with Gasteiger partial charge < -0.3 is 19.9 Å². The van der Waals surface area contributed by atoms with Crippen LogP contribution in [-0.4, -0.2) is 41.9 Å². The Morgan fingerprint density at radius 3 is 2.62 bits per heavy atom. The summed E-state index contributed by atoms with van der Waals surface area (Å²) in [6, 6.07) is 15.7. The number of nitrogens with one attached hydrogen (secondary N) is 2. The molecule has 0 spiro atoms. The summed E-state index contributed by atoms with van der Waals surface area (Å²) in [6.45, 7) is 2.87. The van der Waals surface area contributed by atoms with E-state index < -0.39 is 0 Å². The van der Waals surface area contributed by atoms with Gasteiger partial charge in [0.05, 0.1) is 7.11 Å². The second-order valence-electron chi connectivity index (χ2n) is 6.96. The van der Waals surface area contributed by atoms with Crippen LogP contribution in [0.3, 0.4) is 0 Å². The first-order valence-electron chi connectivity index (χ1n) is 9.77. The number of benzene rings is 2. The van der Waals surface area contributed by atoms with Gasteiger partial charge in [0.1, 0.15) is 5.75 Å². The van der Waals surface area contributed by atoms with E-state index >= 15 is 0 Å². The zero-order valence-electron chi connectivity index (χ0n) is 16.9. The molecule has 2 aromatic carbocycles. The Kier molecular flexibility index (Phi) is 6.89. The van der Waals surface area contributed by atoms with E-state index in [0.717, 1.165) is 23.3 Å². The van der Waals surface area contributed by atoms with E-state index in [1.54, 1.807) is 12.0 Å². The average molecular weight is 393 g/mol. The molecule has 0 aliphatic rings. The smallest absolute Gasteiger partial charge is 0.221 e. The second kappa shape index (κ2) is 9.78. The lowest BCUT2D eigenvalue weighted by molar-refractivity contribution is -0.130. The molecule has 1 aromatic heterocycles. The molecule has 152 valence electrons. The summed E-state index contributed by atoms with van der Waals surface area (Å²) in [5, 5.41) is 4.13. The third kappa shape index (κ3) is 5.38. The fourth-order valence-corrected chi connectivity index (χ4v) is 3.39. The highest BCUT2D eigenvalue weighted by molar-refractivity contribution is 5.83. The fourth-order valence-electron chi connectivity index (χ4n) is 3.39. The highest BCUT2D eigenvalue weighted by Gasteiger charge is 2.14. The summed E-state index contributed by atoms with van der Waals surface area (Å²) in [4.78, 5) is 29.2. The Bertz CT molecular complexity index is 980. The quantitative estimate of drug-likeness (QED) is 0.586. The number of carbonyl (C=O) groups excluding carboxylic acids is 2. The molecule has 0 saturated heterocycles. The number of aromatic amines is 1. The molecular formula is C23H27N3O3. The Balaban J connectivity index is 1.48. The van der Waals surface area contributed by atoms with Crippen molar-refractivity contribution in [3.05, 3.63) is 65.9 Å². The van der Waals surface area contributed by atoms with Crippen LogP contribution in [-0.2, 0) is 22.6 Å². The number of H-pyrrole nitrogens is 1. The van der Waals surface area contributed by atoms with Crippen LogP contribution in [0.25, 0.3) is 10.9 Å². The minimum Gasteiger partial charge on any atom is -0.496 e. The zero-order chi connectivity index (χ0) is 20.6. The fraction of sp³-hybridized carbons (Fsp3) is 0.304. The number of hydrogen-bond acceptors (Lipinski definition) is 3. The molecule has 0 saturated carbocycles. The molecule has 6 nitrogen and oxygen atoms in total. The van der Waals surface area contributed by atoms with Crippen LogP contribution >= 0.6 is 0 Å². The molecule has 1 heterocycles. The lowest BCUT2D eigenvalue weighted by Gasteiger charge is -2.22. The van der Waals surface area contributed by atoms with Gasteiger partial charge in [-0.25, -0.2) is 0 Å². The Morgan fingerprint density at radius 1 is 1.07 bits per heavy atom. The molecule has 0 aliphatic heterocycles. The van der Waals surface area contributed by atoms with Crippen molar-refractivity contribution in [3.63, 3.8) is 0 Å². The molecule has 0 bridgehead atoms. The van der Waals surface area contributed by atoms with Crippen LogP contribution in [0.1, 0.15) is 24.5 Å². The van der Waals surface area contributed by atoms with Gasteiger partial charge >= 0.3 is 0 Å². The van der Waals surface area contributed by atoms with Gasteiger partial charge in [0.25, 0.3) is 0 Å². The predicted octanol–water partition coefficient (Wildman–Crippen LogP) is 3.27. The number of para-hydroxylation sites is 2. The minimum atomic E-state index is -0.0671. The van der Waals surface area contributed by atoms with Crippen molar-refractivity contribution in [1.29, 1.82) is 0 Å². The van der Waals surface area contributed by atoms with Crippen molar-refractivity contribution in [2.75, 3.05) is 20.2 Å². The molecular weight excluding hydrogens is 366 g/mol. The molecule has 3 aromatic rings. The topological polar surface area (TPSA) is 74.4 Å². The minimum absolute atomic E-state index is 0.0592. The van der Waals surface area contributed by atoms with Crippen molar-refractivity contribution in [2.24, 2.45) is 0 Å². The SMILES string of the molecule is COc1ccccc1CN(CCC(=O)NCCc1c[nH]c2ccccc12)C(C)=O. The largest absolute Gasteiger partial charge is 0.496 e. The summed E-state index contributed by atoms with van der Waals surface area (Å²) < 4.78 is 5.35. The number of rotatable bonds is 9. The van der Waals surface area contributed by atoms with Gasteiger partial charge in [0.2, 0.25) is 11.8 Å². The van der Waals surface area contributed by atoms with Crippen LogP contribution in [0.4, 0.5) is 0 Å². The van der Waals surface area contributed by atoms with E-state index in [1.807, 2.05) is 48.7 Å². The molecule has 0 atom stereocenters. The van der Waals surface area contributed by atoms with Crippen molar-refractivity contribution in [2.45, 2.75) is 26.3 Å². The summed E-state index contributed by atoms with van der Waals surface area (Å²) in [7, 11) is 1.61. The molecule has 0 aliphatic carbocycles. The summed E-state index contributed by atoms with van der Waals surface area (Å²) in [6.07, 6.45) is 3.01. The van der Waals surface area contributed by atoms with Crippen LogP contribution in [0.15, 0.2) is 54.7 Å². The number of fused-ring (bicyclic) bond motifs is 1. The standard InChI is InChI=1S/C23H27N3O3/c1-17(27)26(16-19-7-3-6-10-22(19)29-2)14-12-23(28)24-13-11-18-15-25-21-9-5-4-8-20(18)21/h3-10,15,25H,11-14,16H2,1-2H3,(H,24,28).